The van der Waals surface area contributed by atoms with Gasteiger partial charge in [0.15, 0.2) is 0 Å². The average molecular weight is 225 g/mol. The van der Waals surface area contributed by atoms with Crippen LogP contribution in [-0.2, 0) is 0 Å². The van der Waals surface area contributed by atoms with Crippen LogP contribution in [0.25, 0.3) is 0 Å². The van der Waals surface area contributed by atoms with Gasteiger partial charge in [-0.2, -0.15) is 0 Å². The van der Waals surface area contributed by atoms with Crippen LogP contribution in [0.2, 0.25) is 0 Å². The Morgan fingerprint density at radius 1 is 1.27 bits per heavy atom. The molecule has 0 atom stereocenters. The predicted octanol–water partition coefficient (Wildman–Crippen LogP) is 2.91. The zero-order chi connectivity index (χ0) is 11.3. The largest absolute Gasteiger partial charge is 0.497 e. The highest BCUT2D eigenvalue weighted by Gasteiger charge is 2.09. The van der Waals surface area contributed by atoms with E-state index in [1.165, 1.54) is 4.90 Å². The van der Waals surface area contributed by atoms with Crippen LogP contribution in [0.4, 0.5) is 0 Å². The third-order valence-electron chi connectivity index (χ3n) is 2.07. The van der Waals surface area contributed by atoms with Crippen LogP contribution >= 0.6 is 11.8 Å². The molecule has 0 bridgehead atoms. The molecule has 0 spiro atoms. The molecule has 84 valence electrons. The lowest BCUT2D eigenvalue weighted by Crippen LogP contribution is -2.32. The van der Waals surface area contributed by atoms with Crippen molar-refractivity contribution in [2.45, 2.75) is 30.7 Å². The molecule has 0 aliphatic carbocycles. The monoisotopic (exact) mass is 225 g/mol. The average Bonchev–Trinajstić information content (AvgIpc) is 2.17. The summed E-state index contributed by atoms with van der Waals surface area (Å²) < 4.78 is 5.10. The fourth-order valence-corrected chi connectivity index (χ4v) is 2.30. The molecule has 0 amide bonds. The van der Waals surface area contributed by atoms with Gasteiger partial charge in [-0.15, -0.1) is 11.8 Å². The summed E-state index contributed by atoms with van der Waals surface area (Å²) >= 11 is 1.83. The molecule has 3 heteroatoms. The lowest BCUT2D eigenvalue weighted by Gasteiger charge is -2.17. The molecule has 0 saturated carbocycles. The van der Waals surface area contributed by atoms with Crippen LogP contribution < -0.4 is 10.5 Å². The predicted molar refractivity (Wildman–Crippen MR) is 66.6 cm³/mol. The molecule has 1 aromatic rings. The first-order valence-corrected chi connectivity index (χ1v) is 6.05. The number of thioether (sulfide) groups is 1. The van der Waals surface area contributed by atoms with E-state index in [2.05, 4.69) is 26.0 Å². The highest BCUT2D eigenvalue weighted by Crippen LogP contribution is 2.23. The van der Waals surface area contributed by atoms with Gasteiger partial charge < -0.3 is 10.5 Å². The summed E-state index contributed by atoms with van der Waals surface area (Å²) in [6, 6.07) is 8.12. The Morgan fingerprint density at radius 2 is 1.87 bits per heavy atom. The molecule has 0 fully saturated rings. The SMILES string of the molecule is COc1ccc(SCCC(C)(C)N)cc1. The zero-order valence-electron chi connectivity index (χ0n) is 9.62. The maximum absolute atomic E-state index is 5.91. The van der Waals surface area contributed by atoms with Gasteiger partial charge in [-0.25, -0.2) is 0 Å². The van der Waals surface area contributed by atoms with Crippen LogP contribution in [0.5, 0.6) is 5.75 Å². The van der Waals surface area contributed by atoms with Crippen molar-refractivity contribution >= 4 is 11.8 Å². The van der Waals surface area contributed by atoms with Gasteiger partial charge in [0.05, 0.1) is 7.11 Å². The summed E-state index contributed by atoms with van der Waals surface area (Å²) in [5.74, 6) is 1.95. The number of rotatable bonds is 5. The minimum Gasteiger partial charge on any atom is -0.497 e. The summed E-state index contributed by atoms with van der Waals surface area (Å²) in [6.45, 7) is 4.11. The molecule has 0 aliphatic heterocycles. The van der Waals surface area contributed by atoms with Crippen molar-refractivity contribution in [1.29, 1.82) is 0 Å². The van der Waals surface area contributed by atoms with Crippen molar-refractivity contribution in [3.63, 3.8) is 0 Å². The lowest BCUT2D eigenvalue weighted by molar-refractivity contribution is 0.414. The van der Waals surface area contributed by atoms with Crippen molar-refractivity contribution in [1.82, 2.24) is 0 Å². The Kier molecular flexibility index (Phi) is 4.48. The quantitative estimate of drug-likeness (QED) is 0.783. The second kappa shape index (κ2) is 5.42. The van der Waals surface area contributed by atoms with Crippen LogP contribution in [0.15, 0.2) is 29.2 Å². The summed E-state index contributed by atoms with van der Waals surface area (Å²) in [5, 5.41) is 0. The summed E-state index contributed by atoms with van der Waals surface area (Å²) in [6.07, 6.45) is 1.02. The van der Waals surface area contributed by atoms with Gasteiger partial charge >= 0.3 is 0 Å². The van der Waals surface area contributed by atoms with Gasteiger partial charge in [0.2, 0.25) is 0 Å². The lowest BCUT2D eigenvalue weighted by atomic mass is 10.0. The molecule has 1 aromatic carbocycles. The Morgan fingerprint density at radius 3 is 2.33 bits per heavy atom. The molecular formula is C12H19NOS. The molecule has 0 aliphatic rings. The Bertz CT molecular complexity index is 289. The van der Waals surface area contributed by atoms with Crippen molar-refractivity contribution in [3.8, 4) is 5.75 Å². The first-order valence-electron chi connectivity index (χ1n) is 5.07. The van der Waals surface area contributed by atoms with E-state index in [9.17, 15) is 0 Å². The van der Waals surface area contributed by atoms with Crippen LogP contribution in [0.3, 0.4) is 0 Å². The molecule has 2 nitrogen and oxygen atoms in total. The number of nitrogens with two attached hydrogens (primary N) is 1. The number of hydrogen-bond acceptors (Lipinski definition) is 3. The Hall–Kier alpha value is -0.670. The van der Waals surface area contributed by atoms with E-state index in [-0.39, 0.29) is 5.54 Å². The molecule has 0 heterocycles. The fourth-order valence-electron chi connectivity index (χ4n) is 1.10. The summed E-state index contributed by atoms with van der Waals surface area (Å²) in [4.78, 5) is 1.26. The molecule has 15 heavy (non-hydrogen) atoms. The van der Waals surface area contributed by atoms with E-state index in [1.54, 1.807) is 7.11 Å². The van der Waals surface area contributed by atoms with Gasteiger partial charge in [0.25, 0.3) is 0 Å². The van der Waals surface area contributed by atoms with Crippen LogP contribution in [0, 0.1) is 0 Å². The second-order valence-corrected chi connectivity index (χ2v) is 5.43. The minimum absolute atomic E-state index is 0.0700. The highest BCUT2D eigenvalue weighted by atomic mass is 32.2. The van der Waals surface area contributed by atoms with Crippen molar-refractivity contribution in [3.05, 3.63) is 24.3 Å². The smallest absolute Gasteiger partial charge is 0.118 e. The van der Waals surface area contributed by atoms with E-state index >= 15 is 0 Å². The van der Waals surface area contributed by atoms with E-state index < -0.39 is 0 Å². The minimum atomic E-state index is -0.0700. The third-order valence-corrected chi connectivity index (χ3v) is 3.09. The Balaban J connectivity index is 2.38. The molecule has 1 rings (SSSR count). The van der Waals surface area contributed by atoms with Crippen LogP contribution in [-0.4, -0.2) is 18.4 Å². The number of ether oxygens (including phenoxy) is 1. The van der Waals surface area contributed by atoms with Gasteiger partial charge in [-0.3, -0.25) is 0 Å². The molecular weight excluding hydrogens is 206 g/mol. The maximum atomic E-state index is 5.91. The molecule has 0 radical (unpaired) electrons. The summed E-state index contributed by atoms with van der Waals surface area (Å²) in [5.41, 5.74) is 5.84. The van der Waals surface area contributed by atoms with Crippen molar-refractivity contribution in [2.75, 3.05) is 12.9 Å². The van der Waals surface area contributed by atoms with E-state index in [0.29, 0.717) is 0 Å². The number of benzene rings is 1. The Labute approximate surface area is 96.2 Å². The zero-order valence-corrected chi connectivity index (χ0v) is 10.4. The molecule has 0 saturated heterocycles. The normalized spacial score (nSPS) is 11.5. The highest BCUT2D eigenvalue weighted by molar-refractivity contribution is 7.99. The molecule has 0 aromatic heterocycles. The first kappa shape index (κ1) is 12.4. The fraction of sp³-hybridized carbons (Fsp3) is 0.500. The van der Waals surface area contributed by atoms with Gasteiger partial charge in [0.1, 0.15) is 5.75 Å². The van der Waals surface area contributed by atoms with Crippen molar-refractivity contribution < 1.29 is 4.74 Å². The number of hydrogen-bond donors (Lipinski definition) is 1. The standard InChI is InChI=1S/C12H19NOS/c1-12(2,13)8-9-15-11-6-4-10(14-3)5-7-11/h4-7H,8-9,13H2,1-3H3. The summed E-state index contributed by atoms with van der Waals surface area (Å²) in [7, 11) is 1.68. The first-order chi connectivity index (χ1) is 7.01. The van der Waals surface area contributed by atoms with Gasteiger partial charge in [0, 0.05) is 10.4 Å². The van der Waals surface area contributed by atoms with Gasteiger partial charge in [-0.05, 0) is 50.3 Å². The van der Waals surface area contributed by atoms with E-state index in [0.717, 1.165) is 17.9 Å². The third kappa shape index (κ3) is 5.09. The molecule has 0 unspecified atom stereocenters. The number of methoxy groups -OCH3 is 1. The maximum Gasteiger partial charge on any atom is 0.118 e. The second-order valence-electron chi connectivity index (χ2n) is 4.26. The van der Waals surface area contributed by atoms with E-state index in [1.807, 2.05) is 23.9 Å². The molecule has 2 N–H and O–H groups in total. The van der Waals surface area contributed by atoms with Crippen LogP contribution in [0.1, 0.15) is 20.3 Å². The van der Waals surface area contributed by atoms with E-state index in [4.69, 9.17) is 10.5 Å². The van der Waals surface area contributed by atoms with Gasteiger partial charge in [-0.1, -0.05) is 0 Å². The topological polar surface area (TPSA) is 35.2 Å². The van der Waals surface area contributed by atoms with Crippen molar-refractivity contribution in [2.24, 2.45) is 5.73 Å².